The molecule has 134 valence electrons. The molecule has 0 unspecified atom stereocenters. The number of likely N-dealkylation sites (N-methyl/N-ethyl adjacent to an activating group) is 1. The molecule has 1 heterocycles. The van der Waals surface area contributed by atoms with Gasteiger partial charge in [0.2, 0.25) is 5.91 Å². The summed E-state index contributed by atoms with van der Waals surface area (Å²) in [7, 11) is 1.61. The van der Waals surface area contributed by atoms with E-state index in [1.165, 1.54) is 4.90 Å². The van der Waals surface area contributed by atoms with Gasteiger partial charge in [0.25, 0.3) is 0 Å². The van der Waals surface area contributed by atoms with Crippen LogP contribution in [0.4, 0.5) is 5.69 Å². The molecular formula is C18H24N4O3. The highest BCUT2D eigenvalue weighted by atomic mass is 16.5. The highest BCUT2D eigenvalue weighted by Crippen LogP contribution is 2.20. The molecular weight excluding hydrogens is 320 g/mol. The Balaban J connectivity index is 1.83. The molecule has 25 heavy (non-hydrogen) atoms. The molecule has 0 aromatic heterocycles. The van der Waals surface area contributed by atoms with Gasteiger partial charge in [-0.1, -0.05) is 12.1 Å². The maximum atomic E-state index is 12.2. The molecule has 7 nitrogen and oxygen atoms in total. The lowest BCUT2D eigenvalue weighted by Crippen LogP contribution is -2.50. The topological polar surface area (TPSA) is 76.9 Å². The van der Waals surface area contributed by atoms with Crippen molar-refractivity contribution >= 4 is 17.6 Å². The van der Waals surface area contributed by atoms with Gasteiger partial charge >= 0.3 is 5.97 Å². The Kier molecular flexibility index (Phi) is 6.78. The fraction of sp³-hybridized carbons (Fsp3) is 0.500. The average molecular weight is 344 g/mol. The van der Waals surface area contributed by atoms with Crippen molar-refractivity contribution in [2.75, 3.05) is 57.8 Å². The molecule has 1 aliphatic heterocycles. The van der Waals surface area contributed by atoms with Crippen LogP contribution in [0.3, 0.4) is 0 Å². The number of anilines is 1. The van der Waals surface area contributed by atoms with Crippen LogP contribution in [-0.2, 0) is 14.3 Å². The Labute approximate surface area is 148 Å². The highest BCUT2D eigenvalue weighted by Gasteiger charge is 2.22. The van der Waals surface area contributed by atoms with Crippen molar-refractivity contribution in [1.82, 2.24) is 9.80 Å². The van der Waals surface area contributed by atoms with Crippen molar-refractivity contribution in [3.63, 3.8) is 0 Å². The van der Waals surface area contributed by atoms with Crippen molar-refractivity contribution in [1.29, 1.82) is 5.26 Å². The van der Waals surface area contributed by atoms with E-state index in [4.69, 9.17) is 4.74 Å². The smallest absolute Gasteiger partial charge is 0.325 e. The summed E-state index contributed by atoms with van der Waals surface area (Å²) >= 11 is 0. The molecule has 1 aromatic carbocycles. The van der Waals surface area contributed by atoms with Crippen LogP contribution in [0.5, 0.6) is 0 Å². The summed E-state index contributed by atoms with van der Waals surface area (Å²) in [5, 5.41) is 9.22. The number of piperazine rings is 1. The summed E-state index contributed by atoms with van der Waals surface area (Å²) in [6, 6.07) is 9.77. The quantitative estimate of drug-likeness (QED) is 0.707. The normalized spacial score (nSPS) is 14.7. The van der Waals surface area contributed by atoms with E-state index < -0.39 is 5.97 Å². The van der Waals surface area contributed by atoms with Crippen molar-refractivity contribution < 1.29 is 14.3 Å². The molecule has 7 heteroatoms. The van der Waals surface area contributed by atoms with E-state index in [2.05, 4.69) is 15.9 Å². The van der Waals surface area contributed by atoms with Gasteiger partial charge in [-0.25, -0.2) is 0 Å². The first-order valence-corrected chi connectivity index (χ1v) is 8.41. The third kappa shape index (κ3) is 5.19. The number of hydrogen-bond acceptors (Lipinski definition) is 6. The van der Waals surface area contributed by atoms with E-state index in [-0.39, 0.29) is 19.0 Å². The van der Waals surface area contributed by atoms with E-state index in [9.17, 15) is 14.9 Å². The number of amides is 1. The summed E-state index contributed by atoms with van der Waals surface area (Å²) in [6.07, 6.45) is 0. The zero-order chi connectivity index (χ0) is 18.2. The second kappa shape index (κ2) is 9.04. The Morgan fingerprint density at radius 3 is 2.56 bits per heavy atom. The highest BCUT2D eigenvalue weighted by molar-refractivity contribution is 5.83. The van der Waals surface area contributed by atoms with Crippen LogP contribution in [0, 0.1) is 11.3 Å². The van der Waals surface area contributed by atoms with E-state index in [0.717, 1.165) is 31.9 Å². The minimum atomic E-state index is -0.392. The molecule has 1 aliphatic rings. The first-order chi connectivity index (χ1) is 12.0. The maximum Gasteiger partial charge on any atom is 0.325 e. The van der Waals surface area contributed by atoms with E-state index in [1.807, 2.05) is 24.3 Å². The minimum absolute atomic E-state index is 0.0256. The van der Waals surface area contributed by atoms with Gasteiger partial charge in [0, 0.05) is 33.2 Å². The van der Waals surface area contributed by atoms with E-state index in [1.54, 1.807) is 14.0 Å². The molecule has 0 atom stereocenters. The summed E-state index contributed by atoms with van der Waals surface area (Å²) in [5.41, 5.74) is 1.61. The lowest BCUT2D eigenvalue weighted by Gasteiger charge is -2.36. The zero-order valence-electron chi connectivity index (χ0n) is 14.8. The maximum absolute atomic E-state index is 12.2. The summed E-state index contributed by atoms with van der Waals surface area (Å²) in [5.74, 6) is -0.491. The second-order valence-corrected chi connectivity index (χ2v) is 5.95. The standard InChI is InChI=1S/C18H24N4O3/c1-3-25-18(24)14-20(2)17(23)13-21-8-10-22(11-9-21)16-7-5-4-6-15(16)12-19/h4-7H,3,8-11,13-14H2,1-2H3. The number of rotatable bonds is 6. The molecule has 0 N–H and O–H groups in total. The van der Waals surface area contributed by atoms with Crippen LogP contribution in [0.2, 0.25) is 0 Å². The van der Waals surface area contributed by atoms with Crippen LogP contribution >= 0.6 is 0 Å². The Morgan fingerprint density at radius 1 is 1.24 bits per heavy atom. The number of hydrogen-bond donors (Lipinski definition) is 0. The SMILES string of the molecule is CCOC(=O)CN(C)C(=O)CN1CCN(c2ccccc2C#N)CC1. The molecule has 1 aromatic rings. The van der Waals surface area contributed by atoms with Gasteiger partial charge in [0.1, 0.15) is 12.6 Å². The fourth-order valence-corrected chi connectivity index (χ4v) is 2.79. The molecule has 0 spiro atoms. The number of carbonyl (C=O) groups excluding carboxylic acids is 2. The largest absolute Gasteiger partial charge is 0.465 e. The molecule has 1 amide bonds. The number of carbonyl (C=O) groups is 2. The van der Waals surface area contributed by atoms with Crippen molar-refractivity contribution in [3.8, 4) is 6.07 Å². The zero-order valence-corrected chi connectivity index (χ0v) is 14.8. The van der Waals surface area contributed by atoms with Gasteiger partial charge in [-0.3, -0.25) is 14.5 Å². The lowest BCUT2D eigenvalue weighted by molar-refractivity contribution is -0.148. The van der Waals surface area contributed by atoms with E-state index in [0.29, 0.717) is 12.2 Å². The van der Waals surface area contributed by atoms with Gasteiger partial charge in [-0.2, -0.15) is 5.26 Å². The Morgan fingerprint density at radius 2 is 1.92 bits per heavy atom. The molecule has 1 saturated heterocycles. The van der Waals surface area contributed by atoms with Crippen LogP contribution < -0.4 is 4.90 Å². The molecule has 1 fully saturated rings. The molecule has 0 saturated carbocycles. The Hall–Kier alpha value is -2.59. The predicted molar refractivity (Wildman–Crippen MR) is 94.1 cm³/mol. The van der Waals surface area contributed by atoms with Crippen LogP contribution in [-0.4, -0.2) is 74.6 Å². The van der Waals surface area contributed by atoms with Crippen LogP contribution in [0.1, 0.15) is 12.5 Å². The first kappa shape index (κ1) is 18.7. The monoisotopic (exact) mass is 344 g/mol. The van der Waals surface area contributed by atoms with Gasteiger partial charge in [-0.05, 0) is 19.1 Å². The molecule has 0 aliphatic carbocycles. The van der Waals surface area contributed by atoms with Gasteiger partial charge in [0.05, 0.1) is 24.4 Å². The first-order valence-electron chi connectivity index (χ1n) is 8.41. The average Bonchev–Trinajstić information content (AvgIpc) is 2.62. The summed E-state index contributed by atoms with van der Waals surface area (Å²) in [6.45, 7) is 5.29. The van der Waals surface area contributed by atoms with Gasteiger partial charge in [0.15, 0.2) is 0 Å². The lowest BCUT2D eigenvalue weighted by atomic mass is 10.1. The Bertz CT molecular complexity index is 648. The van der Waals surface area contributed by atoms with Crippen molar-refractivity contribution in [2.24, 2.45) is 0 Å². The molecule has 0 bridgehead atoms. The van der Waals surface area contributed by atoms with Crippen molar-refractivity contribution in [2.45, 2.75) is 6.92 Å². The number of ether oxygens (including phenoxy) is 1. The molecule has 2 rings (SSSR count). The van der Waals surface area contributed by atoms with Crippen LogP contribution in [0.15, 0.2) is 24.3 Å². The number of benzene rings is 1. The van der Waals surface area contributed by atoms with Crippen molar-refractivity contribution in [3.05, 3.63) is 29.8 Å². The van der Waals surface area contributed by atoms with Gasteiger partial charge < -0.3 is 14.5 Å². The number of esters is 1. The second-order valence-electron chi connectivity index (χ2n) is 5.95. The fourth-order valence-electron chi connectivity index (χ4n) is 2.79. The van der Waals surface area contributed by atoms with Crippen LogP contribution in [0.25, 0.3) is 0 Å². The third-order valence-electron chi connectivity index (χ3n) is 4.19. The summed E-state index contributed by atoms with van der Waals surface area (Å²) in [4.78, 5) is 29.3. The number of para-hydroxylation sites is 1. The van der Waals surface area contributed by atoms with E-state index >= 15 is 0 Å². The molecule has 0 radical (unpaired) electrons. The number of nitrogens with zero attached hydrogens (tertiary/aromatic N) is 4. The third-order valence-corrected chi connectivity index (χ3v) is 4.19. The minimum Gasteiger partial charge on any atom is -0.465 e. The predicted octanol–water partition coefficient (Wildman–Crippen LogP) is 0.702. The van der Waals surface area contributed by atoms with Gasteiger partial charge in [-0.15, -0.1) is 0 Å². The number of nitriles is 1. The summed E-state index contributed by atoms with van der Waals surface area (Å²) < 4.78 is 4.86.